The molecule has 286 valence electrons. The van der Waals surface area contributed by atoms with Crippen LogP contribution in [0.4, 0.5) is 37.2 Å². The third-order valence-electron chi connectivity index (χ3n) is 7.71. The monoisotopic (exact) mass is 819 g/mol. The third kappa shape index (κ3) is 10.8. The normalized spacial score (nSPS) is 10.6. The van der Waals surface area contributed by atoms with Gasteiger partial charge in [0.25, 0.3) is 5.69 Å². The Morgan fingerprint density at radius 1 is 0.571 bits per heavy atom. The molecule has 0 amide bonds. The molecule has 6 rings (SSSR count). The highest BCUT2D eigenvalue weighted by molar-refractivity contribution is 7.99. The van der Waals surface area contributed by atoms with Crippen molar-refractivity contribution in [1.29, 1.82) is 0 Å². The minimum absolute atomic E-state index is 0.000234. The molecule has 0 spiro atoms. The molecule has 4 N–H and O–H groups in total. The highest BCUT2D eigenvalue weighted by atomic mass is 35.5. The molecule has 0 unspecified atom stereocenters. The van der Waals surface area contributed by atoms with Gasteiger partial charge in [-0.3, -0.25) is 30.3 Å². The predicted octanol–water partition coefficient (Wildman–Crippen LogP) is 11.0. The number of hydrogen-bond acceptors (Lipinski definition) is 12. The van der Waals surface area contributed by atoms with E-state index in [9.17, 15) is 49.3 Å². The number of phenolic OH excluding ortho intramolecular Hbond substituents is 2. The smallest absolute Gasteiger partial charge is 0.315 e. The fourth-order valence-corrected chi connectivity index (χ4v) is 6.95. The van der Waals surface area contributed by atoms with Crippen LogP contribution in [0.3, 0.4) is 0 Å². The average molecular weight is 820 g/mol. The molecule has 0 radical (unpaired) electrons. The van der Waals surface area contributed by atoms with Crippen molar-refractivity contribution in [2.75, 3.05) is 10.6 Å². The van der Waals surface area contributed by atoms with Crippen molar-refractivity contribution in [3.63, 3.8) is 0 Å². The summed E-state index contributed by atoms with van der Waals surface area (Å²) in [5, 5.41) is 58.1. The van der Waals surface area contributed by atoms with E-state index in [2.05, 4.69) is 10.6 Å². The van der Waals surface area contributed by atoms with Gasteiger partial charge >= 0.3 is 11.4 Å². The van der Waals surface area contributed by atoms with E-state index in [1.165, 1.54) is 23.9 Å². The van der Waals surface area contributed by atoms with E-state index in [1.807, 2.05) is 72.8 Å². The van der Waals surface area contributed by atoms with Crippen LogP contribution in [-0.4, -0.2) is 25.0 Å². The molecule has 0 fully saturated rings. The SMILES string of the molecule is O=[N+]([O-])c1cc(NCc2ccccc2Sc2ccc(Cl)cc2)cc(F)c1O.O=[N+]([O-])c1ccc(Sc2ccccc2CNc2cc(F)c(O)c([N+](=O)[O-])c2)cc1. The summed E-state index contributed by atoms with van der Waals surface area (Å²) >= 11 is 8.86. The first-order valence-electron chi connectivity index (χ1n) is 16.1. The number of nitro groups is 3. The zero-order valence-corrected chi connectivity index (χ0v) is 31.0. The maximum absolute atomic E-state index is 13.7. The molecule has 13 nitrogen and oxygen atoms in total. The van der Waals surface area contributed by atoms with Crippen LogP contribution in [0.25, 0.3) is 0 Å². The summed E-state index contributed by atoms with van der Waals surface area (Å²) in [6, 6.07) is 32.7. The van der Waals surface area contributed by atoms with Crippen LogP contribution in [0.2, 0.25) is 5.02 Å². The summed E-state index contributed by atoms with van der Waals surface area (Å²) in [5.41, 5.74) is 0.744. The number of halogens is 3. The molecule has 0 aliphatic carbocycles. The van der Waals surface area contributed by atoms with Gasteiger partial charge in [0, 0.05) is 85.5 Å². The first kappa shape index (κ1) is 40.7. The second kappa shape index (κ2) is 18.7. The fraction of sp³-hybridized carbons (Fsp3) is 0.0526. The van der Waals surface area contributed by atoms with E-state index in [0.717, 1.165) is 55.0 Å². The zero-order chi connectivity index (χ0) is 40.4. The number of rotatable bonds is 13. The van der Waals surface area contributed by atoms with Crippen LogP contribution < -0.4 is 10.6 Å². The molecule has 6 aromatic rings. The number of anilines is 2. The van der Waals surface area contributed by atoms with Gasteiger partial charge in [-0.1, -0.05) is 71.5 Å². The number of nitro benzene ring substituents is 3. The molecule has 0 aliphatic heterocycles. The third-order valence-corrected chi connectivity index (χ3v) is 10.2. The lowest BCUT2D eigenvalue weighted by molar-refractivity contribution is -0.386. The second-order valence-electron chi connectivity index (χ2n) is 11.5. The van der Waals surface area contributed by atoms with Crippen LogP contribution in [0.15, 0.2) is 141 Å². The van der Waals surface area contributed by atoms with E-state index >= 15 is 0 Å². The minimum Gasteiger partial charge on any atom is -0.500 e. The van der Waals surface area contributed by atoms with Crippen molar-refractivity contribution in [2.24, 2.45) is 0 Å². The van der Waals surface area contributed by atoms with Crippen molar-refractivity contribution in [2.45, 2.75) is 32.7 Å². The van der Waals surface area contributed by atoms with Crippen molar-refractivity contribution in [1.82, 2.24) is 0 Å². The van der Waals surface area contributed by atoms with Gasteiger partial charge in [-0.05, 0) is 59.7 Å². The Kier molecular flexibility index (Phi) is 13.6. The maximum atomic E-state index is 13.7. The Hall–Kier alpha value is -6.43. The summed E-state index contributed by atoms with van der Waals surface area (Å²) in [6.45, 7) is 0.579. The number of phenols is 2. The number of aromatic hydroxyl groups is 2. The van der Waals surface area contributed by atoms with Gasteiger partial charge in [0.2, 0.25) is 11.5 Å². The Morgan fingerprint density at radius 2 is 0.964 bits per heavy atom. The number of nitrogens with one attached hydrogen (secondary N) is 2. The lowest BCUT2D eigenvalue weighted by Gasteiger charge is -2.12. The molecular weight excluding hydrogens is 792 g/mol. The number of hydrogen-bond donors (Lipinski definition) is 4. The molecule has 0 heterocycles. The molecular formula is C38H28ClF2N5O8S2. The maximum Gasteiger partial charge on any atom is 0.315 e. The predicted molar refractivity (Wildman–Crippen MR) is 210 cm³/mol. The molecule has 0 saturated heterocycles. The molecule has 18 heteroatoms. The second-order valence-corrected chi connectivity index (χ2v) is 14.2. The summed E-state index contributed by atoms with van der Waals surface area (Å²) < 4.78 is 27.5. The fourth-order valence-electron chi connectivity index (χ4n) is 4.94. The van der Waals surface area contributed by atoms with E-state index in [4.69, 9.17) is 11.6 Å². The first-order valence-corrected chi connectivity index (χ1v) is 18.1. The van der Waals surface area contributed by atoms with Crippen LogP contribution in [0, 0.1) is 42.0 Å². The number of nitrogens with zero attached hydrogens (tertiary/aromatic N) is 3. The van der Waals surface area contributed by atoms with Gasteiger partial charge in [0.05, 0.1) is 14.8 Å². The standard InChI is InChI=1S/C19H14ClFN2O3S.C19H14FN3O5S/c20-13-5-7-15(8-6-13)27-18-4-2-1-3-12(18)11-22-14-9-16(21)19(24)17(10-14)23(25)26;20-16-9-13(10-17(19(16)24)23(27)28)21-11-12-3-1-2-4-18(12)29-15-7-5-14(6-8-15)22(25)26/h1-10,22,24H,11H2;1-10,21,24H,11H2. The van der Waals surface area contributed by atoms with Crippen LogP contribution in [0.1, 0.15) is 11.1 Å². The van der Waals surface area contributed by atoms with Crippen molar-refractivity contribution >= 4 is 63.6 Å². The summed E-state index contributed by atoms with van der Waals surface area (Å²) in [4.78, 5) is 34.1. The van der Waals surface area contributed by atoms with Gasteiger partial charge in [-0.25, -0.2) is 8.78 Å². The summed E-state index contributed by atoms with van der Waals surface area (Å²) in [6.07, 6.45) is 0. The minimum atomic E-state index is -1.09. The average Bonchev–Trinajstić information content (AvgIpc) is 3.17. The Labute approximate surface area is 330 Å². The van der Waals surface area contributed by atoms with Crippen LogP contribution in [0.5, 0.6) is 11.5 Å². The zero-order valence-electron chi connectivity index (χ0n) is 28.6. The Balaban J connectivity index is 0.000000215. The topological polar surface area (TPSA) is 194 Å². The molecule has 0 atom stereocenters. The lowest BCUT2D eigenvalue weighted by atomic mass is 10.2. The molecule has 56 heavy (non-hydrogen) atoms. The van der Waals surface area contributed by atoms with Gasteiger partial charge in [-0.2, -0.15) is 0 Å². The highest BCUT2D eigenvalue weighted by Gasteiger charge is 2.21. The molecule has 0 aliphatic rings. The van der Waals surface area contributed by atoms with Gasteiger partial charge < -0.3 is 20.8 Å². The largest absolute Gasteiger partial charge is 0.500 e. The summed E-state index contributed by atoms with van der Waals surface area (Å²) in [7, 11) is 0. The summed E-state index contributed by atoms with van der Waals surface area (Å²) in [5.74, 6) is -4.11. The number of benzene rings is 6. The number of non-ortho nitro benzene ring substituents is 1. The molecule has 0 saturated carbocycles. The van der Waals surface area contributed by atoms with Crippen LogP contribution >= 0.6 is 35.1 Å². The molecule has 0 aromatic heterocycles. The van der Waals surface area contributed by atoms with Crippen molar-refractivity contribution < 1.29 is 33.8 Å². The Morgan fingerprint density at radius 3 is 1.36 bits per heavy atom. The van der Waals surface area contributed by atoms with Crippen molar-refractivity contribution in [3.8, 4) is 11.5 Å². The van der Waals surface area contributed by atoms with E-state index in [-0.39, 0.29) is 23.6 Å². The van der Waals surface area contributed by atoms with Crippen molar-refractivity contribution in [3.05, 3.63) is 179 Å². The highest BCUT2D eigenvalue weighted by Crippen LogP contribution is 2.36. The van der Waals surface area contributed by atoms with Crippen LogP contribution in [-0.2, 0) is 13.1 Å². The van der Waals surface area contributed by atoms with E-state index in [1.54, 1.807) is 23.9 Å². The Bertz CT molecular complexity index is 2390. The van der Waals surface area contributed by atoms with Gasteiger partial charge in [0.15, 0.2) is 11.6 Å². The first-order chi connectivity index (χ1) is 26.8. The van der Waals surface area contributed by atoms with E-state index < -0.39 is 49.3 Å². The molecule has 6 aromatic carbocycles. The van der Waals surface area contributed by atoms with Gasteiger partial charge in [0.1, 0.15) is 0 Å². The van der Waals surface area contributed by atoms with E-state index in [0.29, 0.717) is 11.6 Å². The lowest BCUT2D eigenvalue weighted by Crippen LogP contribution is -2.02. The molecule has 0 bridgehead atoms. The van der Waals surface area contributed by atoms with Gasteiger partial charge in [-0.15, -0.1) is 0 Å². The quantitative estimate of drug-likeness (QED) is 0.0490.